The summed E-state index contributed by atoms with van der Waals surface area (Å²) < 4.78 is 6.46. The lowest BCUT2D eigenvalue weighted by atomic mass is 9.96. The van der Waals surface area contributed by atoms with Crippen LogP contribution in [0.5, 0.6) is 5.75 Å². The van der Waals surface area contributed by atoms with Gasteiger partial charge in [-0.25, -0.2) is 0 Å². The number of aliphatic hydroxyl groups is 2. The van der Waals surface area contributed by atoms with Gasteiger partial charge in [0.25, 0.3) is 5.56 Å². The lowest BCUT2D eigenvalue weighted by molar-refractivity contribution is 0.0803. The van der Waals surface area contributed by atoms with Crippen LogP contribution in [0.25, 0.3) is 21.9 Å². The number of rotatable bonds is 5. The van der Waals surface area contributed by atoms with Crippen molar-refractivity contribution in [1.82, 2.24) is 4.57 Å². The zero-order valence-corrected chi connectivity index (χ0v) is 15.3. The van der Waals surface area contributed by atoms with E-state index in [0.717, 1.165) is 0 Å². The highest BCUT2D eigenvalue weighted by atomic mass is 35.5. The largest absolute Gasteiger partial charge is 0.497 e. The Morgan fingerprint density at radius 2 is 2.04 bits per heavy atom. The Kier molecular flexibility index (Phi) is 5.47. The summed E-state index contributed by atoms with van der Waals surface area (Å²) in [5, 5.41) is 30.2. The van der Waals surface area contributed by atoms with Crippen molar-refractivity contribution in [2.45, 2.75) is 12.6 Å². The van der Waals surface area contributed by atoms with E-state index < -0.39 is 18.3 Å². The zero-order chi connectivity index (χ0) is 19.6. The van der Waals surface area contributed by atoms with Gasteiger partial charge in [-0.1, -0.05) is 23.7 Å². The topological polar surface area (TPSA) is 95.5 Å². The highest BCUT2D eigenvalue weighted by molar-refractivity contribution is 6.31. The molecular formula is C20H17ClN2O4. The summed E-state index contributed by atoms with van der Waals surface area (Å²) >= 11 is 6.13. The van der Waals surface area contributed by atoms with E-state index in [1.807, 2.05) is 0 Å². The van der Waals surface area contributed by atoms with Crippen molar-refractivity contribution < 1.29 is 14.9 Å². The monoisotopic (exact) mass is 384 g/mol. The van der Waals surface area contributed by atoms with E-state index in [2.05, 4.69) is 6.07 Å². The summed E-state index contributed by atoms with van der Waals surface area (Å²) in [6.45, 7) is -0.724. The number of aliphatic hydroxyl groups excluding tert-OH is 2. The van der Waals surface area contributed by atoms with Crippen molar-refractivity contribution in [1.29, 1.82) is 5.26 Å². The molecule has 0 amide bonds. The molecule has 0 saturated carbocycles. The van der Waals surface area contributed by atoms with E-state index in [1.54, 1.807) is 42.5 Å². The van der Waals surface area contributed by atoms with Gasteiger partial charge in [-0.05, 0) is 35.9 Å². The Bertz CT molecular complexity index is 1100. The molecule has 0 fully saturated rings. The first-order valence-corrected chi connectivity index (χ1v) is 8.57. The molecule has 3 aromatic rings. The maximum atomic E-state index is 13.0. The standard InChI is InChI=1S/C20H17ClN2O4/c1-27-15-5-6-16-17(8-15)19(12-3-2-4-13(21)7-12)18(9-22)23(20(16)26)10-14(25)11-24/h2-8,14,24-25H,10-11H2,1H3. The van der Waals surface area contributed by atoms with Crippen molar-refractivity contribution in [2.75, 3.05) is 13.7 Å². The molecule has 6 nitrogen and oxygen atoms in total. The van der Waals surface area contributed by atoms with Crippen LogP contribution >= 0.6 is 11.6 Å². The normalized spacial score (nSPS) is 12.0. The number of ether oxygens (including phenoxy) is 1. The van der Waals surface area contributed by atoms with Gasteiger partial charge < -0.3 is 14.9 Å². The number of nitriles is 1. The molecule has 2 N–H and O–H groups in total. The maximum absolute atomic E-state index is 13.0. The first kappa shape index (κ1) is 18.9. The molecule has 1 heterocycles. The molecule has 0 aliphatic carbocycles. The summed E-state index contributed by atoms with van der Waals surface area (Å²) in [5.74, 6) is 0.544. The predicted octanol–water partition coefficient (Wildman–Crippen LogP) is 2.56. The molecular weight excluding hydrogens is 368 g/mol. The van der Waals surface area contributed by atoms with Crippen LogP contribution in [-0.2, 0) is 6.54 Å². The third-order valence-corrected chi connectivity index (χ3v) is 4.54. The van der Waals surface area contributed by atoms with Crippen molar-refractivity contribution >= 4 is 22.4 Å². The fraction of sp³-hybridized carbons (Fsp3) is 0.200. The van der Waals surface area contributed by atoms with Gasteiger partial charge in [0.15, 0.2) is 0 Å². The fourth-order valence-corrected chi connectivity index (χ4v) is 3.24. The highest BCUT2D eigenvalue weighted by Crippen LogP contribution is 2.33. The van der Waals surface area contributed by atoms with Crippen LogP contribution in [0.15, 0.2) is 47.3 Å². The minimum Gasteiger partial charge on any atom is -0.497 e. The zero-order valence-electron chi connectivity index (χ0n) is 14.5. The van der Waals surface area contributed by atoms with Gasteiger partial charge in [0.1, 0.15) is 17.5 Å². The van der Waals surface area contributed by atoms with Gasteiger partial charge in [0.2, 0.25) is 0 Å². The van der Waals surface area contributed by atoms with E-state index in [9.17, 15) is 20.3 Å². The molecule has 0 saturated heterocycles. The summed E-state index contributed by atoms with van der Waals surface area (Å²) in [5.41, 5.74) is 0.821. The first-order chi connectivity index (χ1) is 13.0. The summed E-state index contributed by atoms with van der Waals surface area (Å²) in [7, 11) is 1.52. The molecule has 0 aliphatic rings. The molecule has 3 rings (SSSR count). The second-order valence-electron chi connectivity index (χ2n) is 6.01. The van der Waals surface area contributed by atoms with Gasteiger partial charge in [-0.2, -0.15) is 5.26 Å². The van der Waals surface area contributed by atoms with E-state index in [0.29, 0.717) is 32.7 Å². The van der Waals surface area contributed by atoms with Crippen LogP contribution in [0.4, 0.5) is 0 Å². The molecule has 7 heteroatoms. The molecule has 0 spiro atoms. The SMILES string of the molecule is COc1ccc2c(=O)n(CC(O)CO)c(C#N)c(-c3cccc(Cl)c3)c2c1. The third-order valence-electron chi connectivity index (χ3n) is 4.30. The quantitative estimate of drug-likeness (QED) is 0.704. The molecule has 0 radical (unpaired) electrons. The average molecular weight is 385 g/mol. The molecule has 138 valence electrons. The second kappa shape index (κ2) is 7.80. The van der Waals surface area contributed by atoms with Crippen LogP contribution < -0.4 is 10.3 Å². The lowest BCUT2D eigenvalue weighted by Crippen LogP contribution is -2.31. The van der Waals surface area contributed by atoms with Crippen LogP contribution in [0.3, 0.4) is 0 Å². The van der Waals surface area contributed by atoms with Crippen LogP contribution in [0.2, 0.25) is 5.02 Å². The third kappa shape index (κ3) is 3.53. The van der Waals surface area contributed by atoms with Gasteiger partial charge in [-0.15, -0.1) is 0 Å². The van der Waals surface area contributed by atoms with Crippen LogP contribution in [-0.4, -0.2) is 34.6 Å². The minimum absolute atomic E-state index is 0.0792. The Labute approximate surface area is 160 Å². The number of hydrogen-bond acceptors (Lipinski definition) is 5. The number of benzene rings is 2. The number of halogens is 1. The molecule has 0 aliphatic heterocycles. The lowest BCUT2D eigenvalue weighted by Gasteiger charge is -2.18. The van der Waals surface area contributed by atoms with Gasteiger partial charge in [-0.3, -0.25) is 9.36 Å². The second-order valence-corrected chi connectivity index (χ2v) is 6.45. The number of nitrogens with zero attached hydrogens (tertiary/aromatic N) is 2. The number of pyridine rings is 1. The van der Waals surface area contributed by atoms with E-state index in [-0.39, 0.29) is 12.2 Å². The minimum atomic E-state index is -1.17. The van der Waals surface area contributed by atoms with Crippen molar-refractivity contribution in [2.24, 2.45) is 0 Å². The van der Waals surface area contributed by atoms with Gasteiger partial charge in [0.05, 0.1) is 26.4 Å². The van der Waals surface area contributed by atoms with E-state index in [4.69, 9.17) is 16.3 Å². The Morgan fingerprint density at radius 3 is 2.67 bits per heavy atom. The van der Waals surface area contributed by atoms with E-state index >= 15 is 0 Å². The molecule has 1 unspecified atom stereocenters. The molecule has 1 atom stereocenters. The van der Waals surface area contributed by atoms with Crippen molar-refractivity contribution in [3.63, 3.8) is 0 Å². The van der Waals surface area contributed by atoms with Gasteiger partial charge >= 0.3 is 0 Å². The number of hydrogen-bond donors (Lipinski definition) is 2. The first-order valence-electron chi connectivity index (χ1n) is 8.19. The summed E-state index contributed by atoms with van der Waals surface area (Å²) in [6, 6.07) is 14.0. The average Bonchev–Trinajstić information content (AvgIpc) is 2.69. The van der Waals surface area contributed by atoms with Gasteiger partial charge in [0, 0.05) is 21.4 Å². The summed E-state index contributed by atoms with van der Waals surface area (Å²) in [6.07, 6.45) is -1.17. The maximum Gasteiger partial charge on any atom is 0.259 e. The molecule has 0 bridgehead atoms. The Hall–Kier alpha value is -2.85. The highest BCUT2D eigenvalue weighted by Gasteiger charge is 2.20. The Morgan fingerprint density at radius 1 is 1.26 bits per heavy atom. The van der Waals surface area contributed by atoms with Crippen LogP contribution in [0.1, 0.15) is 5.69 Å². The summed E-state index contributed by atoms with van der Waals surface area (Å²) in [4.78, 5) is 13.0. The Balaban J connectivity index is 2.47. The predicted molar refractivity (Wildman–Crippen MR) is 103 cm³/mol. The van der Waals surface area contributed by atoms with E-state index in [1.165, 1.54) is 11.7 Å². The van der Waals surface area contributed by atoms with Crippen molar-refractivity contribution in [3.8, 4) is 22.9 Å². The number of fused-ring (bicyclic) bond motifs is 1. The number of methoxy groups -OCH3 is 1. The molecule has 2 aromatic carbocycles. The van der Waals surface area contributed by atoms with Crippen LogP contribution in [0, 0.1) is 11.3 Å². The number of aromatic nitrogens is 1. The molecule has 27 heavy (non-hydrogen) atoms. The molecule has 1 aromatic heterocycles. The van der Waals surface area contributed by atoms with Crippen molar-refractivity contribution in [3.05, 3.63) is 63.5 Å². The fourth-order valence-electron chi connectivity index (χ4n) is 3.05. The smallest absolute Gasteiger partial charge is 0.259 e.